The van der Waals surface area contributed by atoms with E-state index in [1.54, 1.807) is 12.1 Å². The second-order valence-electron chi connectivity index (χ2n) is 4.19. The Hall–Kier alpha value is -2.35. The zero-order valence-electron chi connectivity index (χ0n) is 10.5. The van der Waals surface area contributed by atoms with Crippen molar-refractivity contribution in [2.45, 2.75) is 11.2 Å². The van der Waals surface area contributed by atoms with Crippen molar-refractivity contribution < 1.29 is 9.59 Å². The average molecular weight is 289 g/mol. The molecule has 3 amide bonds. The second-order valence-corrected chi connectivity index (χ2v) is 4.96. The predicted octanol–water partition coefficient (Wildman–Crippen LogP) is 1.07. The van der Waals surface area contributed by atoms with Crippen LogP contribution in [0.25, 0.3) is 11.4 Å². The lowest BCUT2D eigenvalue weighted by Gasteiger charge is -2.07. The van der Waals surface area contributed by atoms with Crippen LogP contribution in [-0.4, -0.2) is 33.4 Å². The van der Waals surface area contributed by atoms with Crippen LogP contribution < -0.4 is 10.6 Å². The first kappa shape index (κ1) is 12.7. The minimum absolute atomic E-state index is 0.341. The molecule has 1 aliphatic heterocycles. The highest BCUT2D eigenvalue weighted by atomic mass is 32.2. The van der Waals surface area contributed by atoms with Gasteiger partial charge >= 0.3 is 6.03 Å². The minimum atomic E-state index is -0.631. The van der Waals surface area contributed by atoms with Crippen molar-refractivity contribution in [2.75, 3.05) is 6.26 Å². The van der Waals surface area contributed by atoms with Gasteiger partial charge in [-0.15, -0.1) is 5.10 Å². The number of carbonyl (C=O) groups is 2. The first-order valence-corrected chi connectivity index (χ1v) is 7.08. The first-order chi connectivity index (χ1) is 9.67. The van der Waals surface area contributed by atoms with Gasteiger partial charge in [0.15, 0.2) is 5.82 Å². The Kier molecular flexibility index (Phi) is 3.15. The molecular formula is C12H11N5O2S. The van der Waals surface area contributed by atoms with E-state index in [4.69, 9.17) is 0 Å². The Labute approximate surface area is 118 Å². The maximum Gasteiger partial charge on any atom is 0.322 e. The predicted molar refractivity (Wildman–Crippen MR) is 73.0 cm³/mol. The molecule has 0 bridgehead atoms. The summed E-state index contributed by atoms with van der Waals surface area (Å²) in [7, 11) is 0. The van der Waals surface area contributed by atoms with Crippen LogP contribution in [0.3, 0.4) is 0 Å². The number of hydrogen-bond donors (Lipinski definition) is 3. The third kappa shape index (κ3) is 2.25. The summed E-state index contributed by atoms with van der Waals surface area (Å²) < 4.78 is 0. The summed E-state index contributed by atoms with van der Waals surface area (Å²) in [6.07, 6.45) is 1.90. The van der Waals surface area contributed by atoms with Crippen molar-refractivity contribution in [1.29, 1.82) is 0 Å². The van der Waals surface area contributed by atoms with Gasteiger partial charge in [-0.1, -0.05) is 36.0 Å². The van der Waals surface area contributed by atoms with E-state index in [1.807, 2.05) is 18.4 Å². The van der Waals surface area contributed by atoms with Crippen molar-refractivity contribution in [1.82, 2.24) is 25.8 Å². The van der Waals surface area contributed by atoms with E-state index in [0.717, 1.165) is 11.1 Å². The maximum absolute atomic E-state index is 11.6. The first-order valence-electron chi connectivity index (χ1n) is 5.85. The van der Waals surface area contributed by atoms with Gasteiger partial charge in [-0.3, -0.25) is 15.2 Å². The molecule has 8 heteroatoms. The summed E-state index contributed by atoms with van der Waals surface area (Å²) in [4.78, 5) is 26.9. The van der Waals surface area contributed by atoms with Crippen LogP contribution in [0.1, 0.15) is 11.6 Å². The van der Waals surface area contributed by atoms with Crippen LogP contribution in [0.4, 0.5) is 4.79 Å². The van der Waals surface area contributed by atoms with Gasteiger partial charge in [-0.2, -0.15) is 0 Å². The van der Waals surface area contributed by atoms with Crippen LogP contribution in [0.15, 0.2) is 29.4 Å². The topological polar surface area (TPSA) is 99.8 Å². The highest BCUT2D eigenvalue weighted by Gasteiger charge is 2.30. The lowest BCUT2D eigenvalue weighted by molar-refractivity contribution is -0.120. The summed E-state index contributed by atoms with van der Waals surface area (Å²) in [6.45, 7) is 0. The lowest BCUT2D eigenvalue weighted by atomic mass is 10.0. The number of H-pyrrole nitrogens is 1. The van der Waals surface area contributed by atoms with Gasteiger partial charge in [0.2, 0.25) is 5.16 Å². The molecule has 2 aromatic rings. The van der Waals surface area contributed by atoms with Gasteiger partial charge in [0, 0.05) is 5.56 Å². The fourth-order valence-corrected chi connectivity index (χ4v) is 2.27. The fourth-order valence-electron chi connectivity index (χ4n) is 1.95. The summed E-state index contributed by atoms with van der Waals surface area (Å²) in [5.41, 5.74) is 1.59. The number of imide groups is 1. The largest absolute Gasteiger partial charge is 0.322 e. The highest BCUT2D eigenvalue weighted by molar-refractivity contribution is 7.98. The van der Waals surface area contributed by atoms with E-state index in [1.165, 1.54) is 11.8 Å². The molecule has 0 saturated carbocycles. The normalized spacial score (nSPS) is 17.9. The van der Waals surface area contributed by atoms with E-state index < -0.39 is 12.1 Å². The van der Waals surface area contributed by atoms with Crippen molar-refractivity contribution in [2.24, 2.45) is 0 Å². The van der Waals surface area contributed by atoms with Crippen LogP contribution in [0, 0.1) is 0 Å². The second kappa shape index (κ2) is 4.97. The molecule has 1 aliphatic rings. The molecular weight excluding hydrogens is 278 g/mol. The number of aromatic nitrogens is 3. The van der Waals surface area contributed by atoms with E-state index >= 15 is 0 Å². The summed E-state index contributed by atoms with van der Waals surface area (Å²) in [5, 5.41) is 12.3. The number of aromatic amines is 1. The summed E-state index contributed by atoms with van der Waals surface area (Å²) in [5.74, 6) is 0.327. The number of rotatable bonds is 3. The molecule has 3 N–H and O–H groups in total. The lowest BCUT2D eigenvalue weighted by Crippen LogP contribution is -2.22. The Morgan fingerprint density at radius 2 is 1.95 bits per heavy atom. The van der Waals surface area contributed by atoms with E-state index in [9.17, 15) is 9.59 Å². The number of thioether (sulfide) groups is 1. The van der Waals surface area contributed by atoms with Crippen LogP contribution >= 0.6 is 11.8 Å². The molecule has 0 radical (unpaired) electrons. The standard InChI is InChI=1S/C12H11N5O2S/c1-20-12-14-9(16-17-12)7-4-2-6(3-5-7)8-10(18)15-11(19)13-8/h2-5,8H,1H3,(H,14,16,17)(H2,13,15,18,19). The molecule has 3 rings (SSSR count). The van der Waals surface area contributed by atoms with Gasteiger partial charge < -0.3 is 5.32 Å². The Bertz CT molecular complexity index is 667. The van der Waals surface area contributed by atoms with Crippen LogP contribution in [-0.2, 0) is 4.79 Å². The number of nitrogens with zero attached hydrogens (tertiary/aromatic N) is 2. The Balaban J connectivity index is 1.84. The quantitative estimate of drug-likeness (QED) is 0.580. The molecule has 1 fully saturated rings. The van der Waals surface area contributed by atoms with E-state index in [-0.39, 0.29) is 5.91 Å². The number of nitrogens with one attached hydrogen (secondary N) is 3. The molecule has 20 heavy (non-hydrogen) atoms. The number of urea groups is 1. The monoisotopic (exact) mass is 289 g/mol. The molecule has 0 aliphatic carbocycles. The number of benzene rings is 1. The van der Waals surface area contributed by atoms with Gasteiger partial charge in [-0.05, 0) is 11.8 Å². The smallest absolute Gasteiger partial charge is 0.322 e. The SMILES string of the molecule is CSc1n[nH]c(-c2ccc(C3NC(=O)NC3=O)cc2)n1. The molecule has 7 nitrogen and oxygen atoms in total. The van der Waals surface area contributed by atoms with Gasteiger partial charge in [0.25, 0.3) is 5.91 Å². The van der Waals surface area contributed by atoms with E-state index in [2.05, 4.69) is 25.8 Å². The zero-order valence-corrected chi connectivity index (χ0v) is 11.3. The highest BCUT2D eigenvalue weighted by Crippen LogP contribution is 2.22. The molecule has 1 unspecified atom stereocenters. The van der Waals surface area contributed by atoms with Crippen molar-refractivity contribution >= 4 is 23.7 Å². The molecule has 1 saturated heterocycles. The maximum atomic E-state index is 11.6. The fraction of sp³-hybridized carbons (Fsp3) is 0.167. The van der Waals surface area contributed by atoms with Gasteiger partial charge in [0.1, 0.15) is 6.04 Å². The van der Waals surface area contributed by atoms with E-state index in [0.29, 0.717) is 11.0 Å². The van der Waals surface area contributed by atoms with Crippen molar-refractivity contribution in [3.8, 4) is 11.4 Å². The molecule has 1 atom stereocenters. The summed E-state index contributed by atoms with van der Waals surface area (Å²) >= 11 is 1.45. The van der Waals surface area contributed by atoms with Crippen molar-refractivity contribution in [3.63, 3.8) is 0 Å². The molecule has 2 heterocycles. The van der Waals surface area contributed by atoms with Crippen LogP contribution in [0.2, 0.25) is 0 Å². The Morgan fingerprint density at radius 3 is 2.50 bits per heavy atom. The Morgan fingerprint density at radius 1 is 1.20 bits per heavy atom. The van der Waals surface area contributed by atoms with Crippen LogP contribution in [0.5, 0.6) is 0 Å². The molecule has 102 valence electrons. The van der Waals surface area contributed by atoms with Crippen molar-refractivity contribution in [3.05, 3.63) is 29.8 Å². The number of carbonyl (C=O) groups excluding carboxylic acids is 2. The average Bonchev–Trinajstić information content (AvgIpc) is 3.05. The molecule has 0 spiro atoms. The molecule has 1 aromatic heterocycles. The zero-order chi connectivity index (χ0) is 14.1. The van der Waals surface area contributed by atoms with Gasteiger partial charge in [-0.25, -0.2) is 9.78 Å². The minimum Gasteiger partial charge on any atom is -0.322 e. The third-order valence-electron chi connectivity index (χ3n) is 2.94. The third-order valence-corrected chi connectivity index (χ3v) is 3.49. The number of hydrogen-bond acceptors (Lipinski definition) is 5. The summed E-state index contributed by atoms with van der Waals surface area (Å²) in [6, 6.07) is 6.13. The van der Waals surface area contributed by atoms with Gasteiger partial charge in [0.05, 0.1) is 0 Å². The number of amides is 3. The molecule has 1 aromatic carbocycles.